The van der Waals surface area contributed by atoms with Crippen molar-refractivity contribution in [2.45, 2.75) is 6.92 Å². The molecule has 0 aromatic carbocycles. The second-order valence-electron chi connectivity index (χ2n) is 4.11. The van der Waals surface area contributed by atoms with Gasteiger partial charge in [-0.15, -0.1) is 5.10 Å². The number of hydrogen-bond acceptors (Lipinski definition) is 4. The summed E-state index contributed by atoms with van der Waals surface area (Å²) in [6.07, 6.45) is 3.41. The second kappa shape index (κ2) is 4.49. The zero-order valence-electron chi connectivity index (χ0n) is 10.2. The third-order valence-electron chi connectivity index (χ3n) is 2.60. The van der Waals surface area contributed by atoms with Crippen LogP contribution in [-0.4, -0.2) is 25.5 Å². The van der Waals surface area contributed by atoms with Gasteiger partial charge in [0.15, 0.2) is 5.65 Å². The van der Waals surface area contributed by atoms with E-state index in [9.17, 15) is 4.79 Å². The molecular weight excluding hydrogens is 242 g/mol. The lowest BCUT2D eigenvalue weighted by Gasteiger charge is -1.98. The first-order valence-electron chi connectivity index (χ1n) is 5.78. The van der Waals surface area contributed by atoms with Crippen LogP contribution in [0.15, 0.2) is 42.7 Å². The van der Waals surface area contributed by atoms with Crippen molar-refractivity contribution in [1.82, 2.24) is 19.6 Å². The van der Waals surface area contributed by atoms with Gasteiger partial charge in [-0.1, -0.05) is 12.1 Å². The number of carbonyl (C=O) groups is 1. The lowest BCUT2D eigenvalue weighted by molar-refractivity contribution is 0.102. The van der Waals surface area contributed by atoms with Gasteiger partial charge in [-0.2, -0.15) is 4.98 Å². The van der Waals surface area contributed by atoms with Crippen molar-refractivity contribution in [3.63, 3.8) is 0 Å². The Morgan fingerprint density at radius 3 is 2.95 bits per heavy atom. The molecule has 0 bridgehead atoms. The molecule has 0 fully saturated rings. The van der Waals surface area contributed by atoms with E-state index in [1.807, 2.05) is 25.3 Å². The molecule has 0 aliphatic carbocycles. The first kappa shape index (κ1) is 11.3. The summed E-state index contributed by atoms with van der Waals surface area (Å²) in [4.78, 5) is 20.1. The Hall–Kier alpha value is -2.76. The van der Waals surface area contributed by atoms with Gasteiger partial charge in [-0.25, -0.2) is 4.52 Å². The van der Waals surface area contributed by atoms with Crippen LogP contribution in [0.4, 0.5) is 5.95 Å². The SMILES string of the molecule is Cc1ccc2nc(NC(=O)c3ccccn3)nn2c1. The quantitative estimate of drug-likeness (QED) is 0.754. The summed E-state index contributed by atoms with van der Waals surface area (Å²) in [6.45, 7) is 1.97. The van der Waals surface area contributed by atoms with Crippen molar-refractivity contribution in [2.24, 2.45) is 0 Å². The molecule has 6 heteroatoms. The first-order chi connectivity index (χ1) is 9.22. The fourth-order valence-electron chi connectivity index (χ4n) is 1.70. The number of nitrogens with zero attached hydrogens (tertiary/aromatic N) is 4. The molecule has 1 amide bonds. The largest absolute Gasteiger partial charge is 0.288 e. The van der Waals surface area contributed by atoms with Crippen LogP contribution in [0.5, 0.6) is 0 Å². The Kier molecular flexibility index (Phi) is 2.68. The molecule has 1 N–H and O–H groups in total. The topological polar surface area (TPSA) is 72.2 Å². The number of anilines is 1. The predicted molar refractivity (Wildman–Crippen MR) is 69.9 cm³/mol. The molecule has 3 aromatic heterocycles. The molecule has 3 heterocycles. The normalized spacial score (nSPS) is 10.6. The van der Waals surface area contributed by atoms with Crippen molar-refractivity contribution in [3.8, 4) is 0 Å². The van der Waals surface area contributed by atoms with Crippen molar-refractivity contribution in [2.75, 3.05) is 5.32 Å². The fourth-order valence-corrected chi connectivity index (χ4v) is 1.70. The smallest absolute Gasteiger partial charge is 0.276 e. The summed E-state index contributed by atoms with van der Waals surface area (Å²) in [5.74, 6) is -0.0607. The molecule has 0 spiro atoms. The highest BCUT2D eigenvalue weighted by Gasteiger charge is 2.10. The van der Waals surface area contributed by atoms with E-state index in [0.717, 1.165) is 5.56 Å². The maximum absolute atomic E-state index is 11.9. The third-order valence-corrected chi connectivity index (χ3v) is 2.60. The first-order valence-corrected chi connectivity index (χ1v) is 5.78. The van der Waals surface area contributed by atoms with Crippen LogP contribution in [0.3, 0.4) is 0 Å². The van der Waals surface area contributed by atoms with E-state index in [4.69, 9.17) is 0 Å². The minimum absolute atomic E-state index is 0.265. The summed E-state index contributed by atoms with van der Waals surface area (Å²) in [6, 6.07) is 8.92. The Morgan fingerprint density at radius 2 is 2.16 bits per heavy atom. The average molecular weight is 253 g/mol. The lowest BCUT2D eigenvalue weighted by atomic mass is 10.3. The predicted octanol–water partition coefficient (Wildman–Crippen LogP) is 1.69. The minimum Gasteiger partial charge on any atom is -0.288 e. The Morgan fingerprint density at radius 1 is 1.26 bits per heavy atom. The molecule has 0 atom stereocenters. The van der Waals surface area contributed by atoms with Gasteiger partial charge in [0.25, 0.3) is 5.91 Å². The van der Waals surface area contributed by atoms with Gasteiger partial charge in [0.05, 0.1) is 0 Å². The van der Waals surface area contributed by atoms with E-state index < -0.39 is 0 Å². The summed E-state index contributed by atoms with van der Waals surface area (Å²) in [5.41, 5.74) is 2.08. The highest BCUT2D eigenvalue weighted by atomic mass is 16.2. The molecule has 0 aliphatic rings. The summed E-state index contributed by atoms with van der Waals surface area (Å²) in [5, 5.41) is 6.81. The highest BCUT2D eigenvalue weighted by Crippen LogP contribution is 2.08. The zero-order chi connectivity index (χ0) is 13.2. The Bertz CT molecular complexity index is 735. The van der Waals surface area contributed by atoms with Gasteiger partial charge in [0, 0.05) is 12.4 Å². The number of amides is 1. The molecule has 0 saturated heterocycles. The average Bonchev–Trinajstić information content (AvgIpc) is 2.81. The van der Waals surface area contributed by atoms with E-state index in [2.05, 4.69) is 20.4 Å². The summed E-state index contributed by atoms with van der Waals surface area (Å²) >= 11 is 0. The molecule has 0 saturated carbocycles. The highest BCUT2D eigenvalue weighted by molar-refractivity contribution is 6.01. The maximum atomic E-state index is 11.9. The fraction of sp³-hybridized carbons (Fsp3) is 0.0769. The number of nitrogens with one attached hydrogen (secondary N) is 1. The van der Waals surface area contributed by atoms with Gasteiger partial charge in [-0.3, -0.25) is 15.1 Å². The van der Waals surface area contributed by atoms with Crippen LogP contribution >= 0.6 is 0 Å². The van der Waals surface area contributed by atoms with E-state index in [1.54, 1.807) is 28.9 Å². The molecular formula is C13H11N5O. The van der Waals surface area contributed by atoms with Crippen LogP contribution in [0, 0.1) is 6.92 Å². The van der Waals surface area contributed by atoms with Gasteiger partial charge in [0.1, 0.15) is 5.69 Å². The van der Waals surface area contributed by atoms with Crippen molar-refractivity contribution < 1.29 is 4.79 Å². The third kappa shape index (κ3) is 2.28. The van der Waals surface area contributed by atoms with E-state index in [-0.39, 0.29) is 11.9 Å². The van der Waals surface area contributed by atoms with Gasteiger partial charge in [0.2, 0.25) is 5.95 Å². The van der Waals surface area contributed by atoms with Crippen molar-refractivity contribution in [1.29, 1.82) is 0 Å². The van der Waals surface area contributed by atoms with Crippen LogP contribution < -0.4 is 5.32 Å². The molecule has 3 aromatic rings. The van der Waals surface area contributed by atoms with Gasteiger partial charge < -0.3 is 0 Å². The van der Waals surface area contributed by atoms with E-state index in [1.165, 1.54) is 0 Å². The van der Waals surface area contributed by atoms with E-state index >= 15 is 0 Å². The number of aromatic nitrogens is 4. The number of carbonyl (C=O) groups excluding carboxylic acids is 1. The standard InChI is InChI=1S/C13H11N5O/c1-9-5-6-11-15-13(17-18(11)8-9)16-12(19)10-4-2-3-7-14-10/h2-8H,1H3,(H,16,17,19). The van der Waals surface area contributed by atoms with Crippen molar-refractivity contribution in [3.05, 3.63) is 54.0 Å². The van der Waals surface area contributed by atoms with Gasteiger partial charge in [-0.05, 0) is 30.7 Å². The molecule has 19 heavy (non-hydrogen) atoms. The maximum Gasteiger partial charge on any atom is 0.276 e. The summed E-state index contributed by atoms with van der Waals surface area (Å²) in [7, 11) is 0. The molecule has 6 nitrogen and oxygen atoms in total. The monoisotopic (exact) mass is 253 g/mol. The van der Waals surface area contributed by atoms with Crippen molar-refractivity contribution >= 4 is 17.5 Å². The van der Waals surface area contributed by atoms with E-state index in [0.29, 0.717) is 11.3 Å². The van der Waals surface area contributed by atoms with Crippen LogP contribution in [0.2, 0.25) is 0 Å². The van der Waals surface area contributed by atoms with Crippen LogP contribution in [-0.2, 0) is 0 Å². The molecule has 0 aliphatic heterocycles. The minimum atomic E-state index is -0.326. The summed E-state index contributed by atoms with van der Waals surface area (Å²) < 4.78 is 1.63. The van der Waals surface area contributed by atoms with Crippen LogP contribution in [0.1, 0.15) is 16.1 Å². The second-order valence-corrected chi connectivity index (χ2v) is 4.11. The number of aryl methyl sites for hydroxylation is 1. The number of fused-ring (bicyclic) bond motifs is 1. The molecule has 0 unspecified atom stereocenters. The zero-order valence-corrected chi connectivity index (χ0v) is 10.2. The molecule has 94 valence electrons. The Labute approximate surface area is 109 Å². The number of hydrogen-bond donors (Lipinski definition) is 1. The van der Waals surface area contributed by atoms with Crippen LogP contribution in [0.25, 0.3) is 5.65 Å². The number of pyridine rings is 2. The van der Waals surface area contributed by atoms with Gasteiger partial charge >= 0.3 is 0 Å². The lowest BCUT2D eigenvalue weighted by Crippen LogP contribution is -2.14. The Balaban J connectivity index is 1.87. The number of rotatable bonds is 2. The molecule has 0 radical (unpaired) electrons. The molecule has 3 rings (SSSR count).